The molecule has 306 valence electrons. The molecule has 0 radical (unpaired) electrons. The molecule has 0 spiro atoms. The number of carbonyl (C=O) groups excluding carboxylic acids is 2. The zero-order chi connectivity index (χ0) is 37.9. The minimum Gasteiger partial charge on any atom is -0.466 e. The van der Waals surface area contributed by atoms with E-state index in [-0.39, 0.29) is 11.9 Å². The second-order valence-electron chi connectivity index (χ2n) is 14.7. The van der Waals surface area contributed by atoms with Crippen LogP contribution < -0.4 is 0 Å². The van der Waals surface area contributed by atoms with Crippen LogP contribution in [0.5, 0.6) is 0 Å². The smallest absolute Gasteiger partial charge is 0.394 e. The molecule has 0 heterocycles. The van der Waals surface area contributed by atoms with E-state index in [2.05, 4.69) is 13.8 Å². The van der Waals surface area contributed by atoms with Crippen molar-refractivity contribution >= 4 is 22.3 Å². The first-order chi connectivity index (χ1) is 24.7. The van der Waals surface area contributed by atoms with Gasteiger partial charge in [-0.05, 0) is 38.5 Å². The predicted molar refractivity (Wildman–Crippen MR) is 214 cm³/mol. The van der Waals surface area contributed by atoms with Crippen LogP contribution in [0.3, 0.4) is 0 Å². The molecule has 0 aromatic carbocycles. The Hall–Kier alpha value is -1.19. The van der Waals surface area contributed by atoms with Gasteiger partial charge in [0.25, 0.3) is 0 Å². The molecular weight excluding hydrogens is 665 g/mol. The minimum atomic E-state index is -4.67. The van der Waals surface area contributed by atoms with Crippen LogP contribution in [0.25, 0.3) is 0 Å². The van der Waals surface area contributed by atoms with Crippen molar-refractivity contribution in [2.75, 3.05) is 13.2 Å². The molecule has 0 bridgehead atoms. The Morgan fingerprint density at radius 2 is 0.529 bits per heavy atom. The highest BCUT2D eigenvalue weighted by Gasteiger charge is 2.05. The summed E-state index contributed by atoms with van der Waals surface area (Å²) in [6.07, 6.45) is 45.1. The SMILES string of the molecule is CCCCCCCCCCCCCCCCCC(=O)OCCCCCCOC(=O)CCCCCCCCCCCCCCCCC.O=S(=O)(O)O. The second kappa shape index (κ2) is 43.2. The zero-order valence-corrected chi connectivity index (χ0v) is 34.4. The molecule has 0 fully saturated rings. The molecular formula is C42H84O8S. The molecule has 0 atom stereocenters. The van der Waals surface area contributed by atoms with Gasteiger partial charge in [-0.3, -0.25) is 18.7 Å². The van der Waals surface area contributed by atoms with E-state index >= 15 is 0 Å². The van der Waals surface area contributed by atoms with Gasteiger partial charge in [-0.2, -0.15) is 8.42 Å². The Labute approximate surface area is 316 Å². The number of hydrogen-bond acceptors (Lipinski definition) is 6. The molecule has 0 unspecified atom stereocenters. The maximum atomic E-state index is 12.0. The lowest BCUT2D eigenvalue weighted by Gasteiger charge is -2.07. The van der Waals surface area contributed by atoms with Crippen molar-refractivity contribution in [3.05, 3.63) is 0 Å². The highest BCUT2D eigenvalue weighted by Crippen LogP contribution is 2.15. The van der Waals surface area contributed by atoms with Gasteiger partial charge in [-0.25, -0.2) is 0 Å². The number of carbonyl (C=O) groups is 2. The molecule has 0 aromatic heterocycles. The normalized spacial score (nSPS) is 11.3. The van der Waals surface area contributed by atoms with Crippen LogP contribution in [0.4, 0.5) is 0 Å². The van der Waals surface area contributed by atoms with E-state index in [0.717, 1.165) is 51.4 Å². The molecule has 0 aromatic rings. The van der Waals surface area contributed by atoms with Crippen molar-refractivity contribution < 1.29 is 36.6 Å². The Morgan fingerprint density at radius 3 is 0.745 bits per heavy atom. The van der Waals surface area contributed by atoms with Crippen molar-refractivity contribution in [3.63, 3.8) is 0 Å². The Morgan fingerprint density at radius 1 is 0.353 bits per heavy atom. The summed E-state index contributed by atoms with van der Waals surface area (Å²) in [6.45, 7) is 5.61. The Bertz CT molecular complexity index is 758. The van der Waals surface area contributed by atoms with E-state index in [1.807, 2.05) is 0 Å². The van der Waals surface area contributed by atoms with Gasteiger partial charge in [-0.15, -0.1) is 0 Å². The maximum absolute atomic E-state index is 12.0. The molecule has 51 heavy (non-hydrogen) atoms. The average molecular weight is 749 g/mol. The van der Waals surface area contributed by atoms with E-state index in [1.165, 1.54) is 167 Å². The molecule has 0 aliphatic carbocycles. The maximum Gasteiger partial charge on any atom is 0.394 e. The van der Waals surface area contributed by atoms with Crippen LogP contribution in [-0.2, 0) is 29.5 Å². The summed E-state index contributed by atoms with van der Waals surface area (Å²) in [7, 11) is -4.67. The third-order valence-corrected chi connectivity index (χ3v) is 9.53. The summed E-state index contributed by atoms with van der Waals surface area (Å²) in [4.78, 5) is 23.9. The van der Waals surface area contributed by atoms with Gasteiger partial charge in [-0.1, -0.05) is 194 Å². The number of hydrogen-bond donors (Lipinski definition) is 2. The van der Waals surface area contributed by atoms with Crippen LogP contribution in [0.1, 0.15) is 245 Å². The van der Waals surface area contributed by atoms with Crippen molar-refractivity contribution in [3.8, 4) is 0 Å². The van der Waals surface area contributed by atoms with Crippen molar-refractivity contribution in [1.82, 2.24) is 0 Å². The molecule has 0 rings (SSSR count). The van der Waals surface area contributed by atoms with Gasteiger partial charge in [0, 0.05) is 12.8 Å². The molecule has 8 nitrogen and oxygen atoms in total. The highest BCUT2D eigenvalue weighted by atomic mass is 32.3. The topological polar surface area (TPSA) is 127 Å². The first kappa shape index (κ1) is 51.9. The monoisotopic (exact) mass is 749 g/mol. The van der Waals surface area contributed by atoms with Crippen molar-refractivity contribution in [1.29, 1.82) is 0 Å². The number of ether oxygens (including phenoxy) is 2. The molecule has 0 saturated heterocycles. The Balaban J connectivity index is 0. The number of esters is 2. The average Bonchev–Trinajstić information content (AvgIpc) is 3.08. The van der Waals surface area contributed by atoms with E-state index in [4.69, 9.17) is 27.0 Å². The quantitative estimate of drug-likeness (QED) is 0.0361. The fourth-order valence-electron chi connectivity index (χ4n) is 6.36. The summed E-state index contributed by atoms with van der Waals surface area (Å²) in [5, 5.41) is 0. The van der Waals surface area contributed by atoms with Gasteiger partial charge in [0.05, 0.1) is 13.2 Å². The zero-order valence-electron chi connectivity index (χ0n) is 33.6. The summed E-state index contributed by atoms with van der Waals surface area (Å²) in [6, 6.07) is 0. The van der Waals surface area contributed by atoms with Gasteiger partial charge >= 0.3 is 22.3 Å². The van der Waals surface area contributed by atoms with Gasteiger partial charge in [0.1, 0.15) is 0 Å². The van der Waals surface area contributed by atoms with Crippen LogP contribution in [0.2, 0.25) is 0 Å². The molecule has 0 saturated carbocycles. The minimum absolute atomic E-state index is 0.0394. The van der Waals surface area contributed by atoms with Crippen LogP contribution >= 0.6 is 0 Å². The molecule has 2 N–H and O–H groups in total. The number of unbranched alkanes of at least 4 members (excludes halogenated alkanes) is 31. The summed E-state index contributed by atoms with van der Waals surface area (Å²) in [5.41, 5.74) is 0. The summed E-state index contributed by atoms with van der Waals surface area (Å²) in [5.74, 6) is -0.0788. The second-order valence-corrected chi connectivity index (χ2v) is 15.6. The predicted octanol–water partition coefficient (Wildman–Crippen LogP) is 13.5. The van der Waals surface area contributed by atoms with Crippen molar-refractivity contribution in [2.45, 2.75) is 245 Å². The fourth-order valence-corrected chi connectivity index (χ4v) is 6.36. The first-order valence-electron chi connectivity index (χ1n) is 21.7. The van der Waals surface area contributed by atoms with Gasteiger partial charge in [0.2, 0.25) is 0 Å². The fraction of sp³-hybridized carbons (Fsp3) is 0.952. The van der Waals surface area contributed by atoms with Crippen LogP contribution in [-0.4, -0.2) is 42.7 Å². The lowest BCUT2D eigenvalue weighted by molar-refractivity contribution is -0.145. The van der Waals surface area contributed by atoms with Gasteiger partial charge in [0.15, 0.2) is 0 Å². The highest BCUT2D eigenvalue weighted by molar-refractivity contribution is 7.79. The lowest BCUT2D eigenvalue weighted by atomic mass is 10.0. The van der Waals surface area contributed by atoms with E-state index in [1.54, 1.807) is 0 Å². The largest absolute Gasteiger partial charge is 0.466 e. The third kappa shape index (κ3) is 55.7. The standard InChI is InChI=1S/C42H82O4.H2O4S/c1-3-5-7-9-11-13-15-17-19-21-23-25-27-29-33-37-41(43)45-39-35-31-32-36-40-46-42(44)38-34-30-28-26-24-22-20-18-16-14-12-10-8-6-4-2;1-5(2,3)4/h3-40H2,1-2H3;(H2,1,2,3,4). The lowest BCUT2D eigenvalue weighted by Crippen LogP contribution is -2.07. The molecule has 0 amide bonds. The molecule has 0 aliphatic rings. The third-order valence-electron chi connectivity index (χ3n) is 9.53. The Kier molecular flexibility index (Phi) is 44.0. The van der Waals surface area contributed by atoms with Gasteiger partial charge < -0.3 is 9.47 Å². The first-order valence-corrected chi connectivity index (χ1v) is 23.1. The van der Waals surface area contributed by atoms with E-state index in [0.29, 0.717) is 26.1 Å². The number of rotatable bonds is 39. The van der Waals surface area contributed by atoms with E-state index in [9.17, 15) is 9.59 Å². The van der Waals surface area contributed by atoms with Crippen LogP contribution in [0, 0.1) is 0 Å². The van der Waals surface area contributed by atoms with E-state index < -0.39 is 10.4 Å². The molecule has 0 aliphatic heterocycles. The summed E-state index contributed by atoms with van der Waals surface area (Å²) >= 11 is 0. The van der Waals surface area contributed by atoms with Crippen LogP contribution in [0.15, 0.2) is 0 Å². The summed E-state index contributed by atoms with van der Waals surface area (Å²) < 4.78 is 42.4. The molecule has 9 heteroatoms. The van der Waals surface area contributed by atoms with Crippen molar-refractivity contribution in [2.24, 2.45) is 0 Å².